The Morgan fingerprint density at radius 2 is 1.90 bits per heavy atom. The Labute approximate surface area is 115 Å². The molecule has 2 N–H and O–H groups in total. The van der Waals surface area contributed by atoms with E-state index < -0.39 is 0 Å². The second kappa shape index (κ2) is 4.81. The predicted molar refractivity (Wildman–Crippen MR) is 78.8 cm³/mol. The van der Waals surface area contributed by atoms with Gasteiger partial charge in [-0.15, -0.1) is 0 Å². The summed E-state index contributed by atoms with van der Waals surface area (Å²) >= 11 is 0. The zero-order chi connectivity index (χ0) is 14.1. The third-order valence-electron chi connectivity index (χ3n) is 3.39. The Bertz CT molecular complexity index is 832. The summed E-state index contributed by atoms with van der Waals surface area (Å²) in [4.78, 5) is 18.8. The van der Waals surface area contributed by atoms with Crippen LogP contribution in [-0.2, 0) is 6.42 Å². The number of benzene rings is 2. The van der Waals surface area contributed by atoms with Crippen LogP contribution in [0.25, 0.3) is 22.2 Å². The summed E-state index contributed by atoms with van der Waals surface area (Å²) in [7, 11) is 0. The van der Waals surface area contributed by atoms with Gasteiger partial charge in [-0.05, 0) is 17.2 Å². The molecule has 3 aromatic rings. The fourth-order valence-corrected chi connectivity index (χ4v) is 2.36. The number of H-pyrrole nitrogens is 1. The van der Waals surface area contributed by atoms with Gasteiger partial charge < -0.3 is 10.1 Å². The minimum Gasteiger partial charge on any atom is -0.493 e. The Hall–Kier alpha value is -2.62. The second-order valence-corrected chi connectivity index (χ2v) is 4.60. The van der Waals surface area contributed by atoms with Crippen molar-refractivity contribution >= 4 is 10.8 Å². The molecule has 3 rings (SSSR count). The molecule has 0 aliphatic carbocycles. The lowest BCUT2D eigenvalue weighted by molar-refractivity contribution is 0.444. The molecular formula is C16H14N2O2. The normalized spacial score (nSPS) is 10.8. The molecule has 4 nitrogen and oxygen atoms in total. The summed E-state index contributed by atoms with van der Waals surface area (Å²) in [5, 5.41) is 11.9. The smallest absolute Gasteiger partial charge is 0.258 e. The van der Waals surface area contributed by atoms with E-state index in [4.69, 9.17) is 0 Å². The zero-order valence-corrected chi connectivity index (χ0v) is 11.1. The molecule has 0 unspecified atom stereocenters. The van der Waals surface area contributed by atoms with E-state index in [9.17, 15) is 9.90 Å². The van der Waals surface area contributed by atoms with Gasteiger partial charge in [-0.3, -0.25) is 4.79 Å². The highest BCUT2D eigenvalue weighted by Crippen LogP contribution is 2.26. The molecule has 0 aliphatic rings. The van der Waals surface area contributed by atoms with Gasteiger partial charge in [0.1, 0.15) is 5.82 Å². The van der Waals surface area contributed by atoms with Crippen LogP contribution in [0.15, 0.2) is 47.3 Å². The van der Waals surface area contributed by atoms with Gasteiger partial charge in [0.05, 0.1) is 5.56 Å². The van der Waals surface area contributed by atoms with Crippen molar-refractivity contribution in [3.05, 3.63) is 58.4 Å². The van der Waals surface area contributed by atoms with Crippen LogP contribution < -0.4 is 5.56 Å². The van der Waals surface area contributed by atoms with E-state index in [2.05, 4.69) is 9.97 Å². The van der Waals surface area contributed by atoms with Crippen LogP contribution in [0.2, 0.25) is 0 Å². The molecule has 0 amide bonds. The number of nitrogens with zero attached hydrogens (tertiary/aromatic N) is 1. The number of aromatic amines is 1. The third kappa shape index (κ3) is 1.95. The minimum atomic E-state index is -0.289. The molecule has 1 heterocycles. The number of hydrogen-bond acceptors (Lipinski definition) is 3. The van der Waals surface area contributed by atoms with E-state index >= 15 is 0 Å². The topological polar surface area (TPSA) is 66.0 Å². The van der Waals surface area contributed by atoms with E-state index in [-0.39, 0.29) is 11.4 Å². The SMILES string of the molecule is CCc1c(O)nc(-c2cccc3ccccc23)[nH]c1=O. The lowest BCUT2D eigenvalue weighted by Gasteiger charge is -2.07. The molecule has 1 aromatic heterocycles. The minimum absolute atomic E-state index is 0.195. The van der Waals surface area contributed by atoms with E-state index in [1.165, 1.54) is 0 Å². The van der Waals surface area contributed by atoms with Crippen LogP contribution in [0.3, 0.4) is 0 Å². The largest absolute Gasteiger partial charge is 0.493 e. The first-order valence-corrected chi connectivity index (χ1v) is 6.51. The number of aromatic hydroxyl groups is 1. The summed E-state index contributed by atoms with van der Waals surface area (Å²) in [6.07, 6.45) is 0.448. The van der Waals surface area contributed by atoms with E-state index in [0.717, 1.165) is 16.3 Å². The van der Waals surface area contributed by atoms with E-state index in [1.54, 1.807) is 0 Å². The summed E-state index contributed by atoms with van der Waals surface area (Å²) in [5.41, 5.74) is 0.829. The first kappa shape index (κ1) is 12.4. The van der Waals surface area contributed by atoms with E-state index in [0.29, 0.717) is 17.8 Å². The van der Waals surface area contributed by atoms with Crippen molar-refractivity contribution in [1.29, 1.82) is 0 Å². The van der Waals surface area contributed by atoms with Gasteiger partial charge >= 0.3 is 0 Å². The lowest BCUT2D eigenvalue weighted by atomic mass is 10.0. The Morgan fingerprint density at radius 1 is 1.15 bits per heavy atom. The maximum absolute atomic E-state index is 11.9. The van der Waals surface area contributed by atoms with Crippen molar-refractivity contribution in [2.24, 2.45) is 0 Å². The Morgan fingerprint density at radius 3 is 2.65 bits per heavy atom. The average Bonchev–Trinajstić information content (AvgIpc) is 2.46. The van der Waals surface area contributed by atoms with Gasteiger partial charge in [0.15, 0.2) is 0 Å². The predicted octanol–water partition coefficient (Wildman–Crippen LogP) is 2.86. The van der Waals surface area contributed by atoms with Gasteiger partial charge in [0.2, 0.25) is 5.88 Å². The van der Waals surface area contributed by atoms with Crippen molar-refractivity contribution in [3.8, 4) is 17.3 Å². The van der Waals surface area contributed by atoms with Gasteiger partial charge in [-0.1, -0.05) is 49.4 Å². The standard InChI is InChI=1S/C16H14N2O2/c1-2-11-15(19)17-14(18-16(11)20)13-9-5-7-10-6-3-4-8-12(10)13/h3-9H,2H2,1H3,(H2,17,18,19,20). The maximum atomic E-state index is 11.9. The number of fused-ring (bicyclic) bond motifs is 1. The number of rotatable bonds is 2. The van der Waals surface area contributed by atoms with Crippen LogP contribution in [0, 0.1) is 0 Å². The molecule has 0 saturated heterocycles. The Balaban J connectivity index is 2.29. The molecule has 0 atom stereocenters. The van der Waals surface area contributed by atoms with Gasteiger partial charge in [0, 0.05) is 5.56 Å². The van der Waals surface area contributed by atoms with Crippen LogP contribution in [0.5, 0.6) is 5.88 Å². The van der Waals surface area contributed by atoms with Crippen LogP contribution in [0.4, 0.5) is 0 Å². The van der Waals surface area contributed by atoms with Gasteiger partial charge in [-0.25, -0.2) is 0 Å². The van der Waals surface area contributed by atoms with Crippen LogP contribution >= 0.6 is 0 Å². The van der Waals surface area contributed by atoms with Gasteiger partial charge in [0.25, 0.3) is 5.56 Å². The molecule has 4 heteroatoms. The molecule has 100 valence electrons. The molecule has 0 fully saturated rings. The van der Waals surface area contributed by atoms with Crippen molar-refractivity contribution < 1.29 is 5.11 Å². The summed E-state index contributed by atoms with van der Waals surface area (Å²) in [6, 6.07) is 13.6. The first-order valence-electron chi connectivity index (χ1n) is 6.51. The summed E-state index contributed by atoms with van der Waals surface area (Å²) < 4.78 is 0. The molecular weight excluding hydrogens is 252 g/mol. The molecule has 0 saturated carbocycles. The second-order valence-electron chi connectivity index (χ2n) is 4.60. The highest BCUT2D eigenvalue weighted by atomic mass is 16.3. The highest BCUT2D eigenvalue weighted by molar-refractivity contribution is 5.95. The fourth-order valence-electron chi connectivity index (χ4n) is 2.36. The zero-order valence-electron chi connectivity index (χ0n) is 11.1. The molecule has 2 aromatic carbocycles. The summed E-state index contributed by atoms with van der Waals surface area (Å²) in [5.74, 6) is 0.195. The van der Waals surface area contributed by atoms with Crippen molar-refractivity contribution in [1.82, 2.24) is 9.97 Å². The molecule has 0 bridgehead atoms. The van der Waals surface area contributed by atoms with Crippen molar-refractivity contribution in [3.63, 3.8) is 0 Å². The van der Waals surface area contributed by atoms with Crippen LogP contribution in [-0.4, -0.2) is 15.1 Å². The van der Waals surface area contributed by atoms with E-state index in [1.807, 2.05) is 49.4 Å². The summed E-state index contributed by atoms with van der Waals surface area (Å²) in [6.45, 7) is 1.81. The Kier molecular flexibility index (Phi) is 2.99. The fraction of sp³-hybridized carbons (Fsp3) is 0.125. The average molecular weight is 266 g/mol. The number of aromatic nitrogens is 2. The molecule has 0 radical (unpaired) electrons. The number of nitrogens with one attached hydrogen (secondary N) is 1. The monoisotopic (exact) mass is 266 g/mol. The highest BCUT2D eigenvalue weighted by Gasteiger charge is 2.11. The lowest BCUT2D eigenvalue weighted by Crippen LogP contribution is -2.14. The third-order valence-corrected chi connectivity index (χ3v) is 3.39. The molecule has 0 aliphatic heterocycles. The first-order chi connectivity index (χ1) is 9.70. The molecule has 20 heavy (non-hydrogen) atoms. The number of hydrogen-bond donors (Lipinski definition) is 2. The van der Waals surface area contributed by atoms with Crippen molar-refractivity contribution in [2.75, 3.05) is 0 Å². The van der Waals surface area contributed by atoms with Crippen molar-refractivity contribution in [2.45, 2.75) is 13.3 Å². The van der Waals surface area contributed by atoms with Gasteiger partial charge in [-0.2, -0.15) is 4.98 Å². The molecule has 0 spiro atoms. The van der Waals surface area contributed by atoms with Crippen LogP contribution in [0.1, 0.15) is 12.5 Å². The maximum Gasteiger partial charge on any atom is 0.258 e. The quantitative estimate of drug-likeness (QED) is 0.749.